The zero-order valence-corrected chi connectivity index (χ0v) is 15.0. The summed E-state index contributed by atoms with van der Waals surface area (Å²) in [4.78, 5) is 24.4. The fourth-order valence-corrected chi connectivity index (χ4v) is 1.71. The van der Waals surface area contributed by atoms with Crippen molar-refractivity contribution in [3.05, 3.63) is 48.6 Å². The molecule has 5 heteroatoms. The van der Waals surface area contributed by atoms with Gasteiger partial charge in [-0.25, -0.2) is 0 Å². The fraction of sp³-hybridized carbons (Fsp3) is 0.474. The van der Waals surface area contributed by atoms with Gasteiger partial charge in [-0.15, -0.1) is 0 Å². The van der Waals surface area contributed by atoms with Crippen LogP contribution in [0.2, 0.25) is 0 Å². The van der Waals surface area contributed by atoms with Crippen molar-refractivity contribution in [1.29, 1.82) is 0 Å². The summed E-state index contributed by atoms with van der Waals surface area (Å²) in [5, 5.41) is 11.4. The van der Waals surface area contributed by atoms with Crippen molar-refractivity contribution in [2.75, 3.05) is 20.7 Å². The summed E-state index contributed by atoms with van der Waals surface area (Å²) in [5.74, 6) is -0.0786. The van der Waals surface area contributed by atoms with Gasteiger partial charge in [0.25, 0.3) is 0 Å². The predicted octanol–water partition coefficient (Wildman–Crippen LogP) is 2.36. The molecule has 0 spiro atoms. The van der Waals surface area contributed by atoms with Crippen molar-refractivity contribution in [2.24, 2.45) is 0 Å². The van der Waals surface area contributed by atoms with Crippen LogP contribution in [0.3, 0.4) is 0 Å². The van der Waals surface area contributed by atoms with Gasteiger partial charge in [0.2, 0.25) is 11.8 Å². The molecule has 0 rings (SSSR count). The average molecular weight is 334 g/mol. The second kappa shape index (κ2) is 13.3. The Morgan fingerprint density at radius 2 is 1.83 bits per heavy atom. The summed E-state index contributed by atoms with van der Waals surface area (Å²) in [5.41, 5.74) is 0.841. The molecule has 0 fully saturated rings. The molecule has 134 valence electrons. The van der Waals surface area contributed by atoms with Crippen LogP contribution in [0.25, 0.3) is 0 Å². The summed E-state index contributed by atoms with van der Waals surface area (Å²) in [6, 6.07) is -0.253. The lowest BCUT2D eigenvalue weighted by Gasteiger charge is -2.08. The van der Waals surface area contributed by atoms with Gasteiger partial charge >= 0.3 is 0 Å². The quantitative estimate of drug-likeness (QED) is 0.346. The molecule has 0 radical (unpaired) electrons. The van der Waals surface area contributed by atoms with Gasteiger partial charge in [0.15, 0.2) is 0 Å². The predicted molar refractivity (Wildman–Crippen MR) is 98.4 cm³/mol. The van der Waals surface area contributed by atoms with Gasteiger partial charge in [-0.3, -0.25) is 9.59 Å². The van der Waals surface area contributed by atoms with Gasteiger partial charge in [-0.2, -0.15) is 0 Å². The first-order chi connectivity index (χ1) is 11.4. The van der Waals surface area contributed by atoms with Crippen LogP contribution < -0.4 is 5.32 Å². The second-order valence-electron chi connectivity index (χ2n) is 5.82. The normalized spacial score (nSPS) is 12.8. The van der Waals surface area contributed by atoms with Crippen LogP contribution in [-0.2, 0) is 9.59 Å². The maximum Gasteiger partial charge on any atom is 0.244 e. The molecular formula is C19H30N2O3. The minimum Gasteiger partial charge on any atom is -0.394 e. The number of aliphatic hydroxyl groups excluding tert-OH is 1. The van der Waals surface area contributed by atoms with Crippen molar-refractivity contribution >= 4 is 11.8 Å². The number of amides is 2. The molecule has 1 unspecified atom stereocenters. The highest BCUT2D eigenvalue weighted by atomic mass is 16.3. The summed E-state index contributed by atoms with van der Waals surface area (Å²) in [6.45, 7) is 5.54. The minimum absolute atomic E-state index is 0.0830. The fourth-order valence-electron chi connectivity index (χ4n) is 1.71. The number of nitrogens with zero attached hydrogens (tertiary/aromatic N) is 1. The highest BCUT2D eigenvalue weighted by Gasteiger charge is 2.02. The molecule has 0 saturated heterocycles. The first kappa shape index (κ1) is 21.9. The monoisotopic (exact) mass is 334 g/mol. The first-order valence-electron chi connectivity index (χ1n) is 8.18. The van der Waals surface area contributed by atoms with Crippen LogP contribution in [0.4, 0.5) is 0 Å². The Kier molecular flexibility index (Phi) is 12.1. The third-order valence-electron chi connectivity index (χ3n) is 3.17. The summed E-state index contributed by atoms with van der Waals surface area (Å²) >= 11 is 0. The van der Waals surface area contributed by atoms with Gasteiger partial charge < -0.3 is 15.3 Å². The minimum atomic E-state index is -0.253. The molecule has 0 aromatic carbocycles. The van der Waals surface area contributed by atoms with E-state index in [-0.39, 0.29) is 24.5 Å². The van der Waals surface area contributed by atoms with Crippen molar-refractivity contribution in [3.8, 4) is 0 Å². The molecule has 0 aromatic rings. The number of rotatable bonds is 11. The van der Waals surface area contributed by atoms with E-state index >= 15 is 0 Å². The molecule has 5 nitrogen and oxygen atoms in total. The van der Waals surface area contributed by atoms with E-state index in [4.69, 9.17) is 5.11 Å². The van der Waals surface area contributed by atoms with E-state index in [0.717, 1.165) is 24.8 Å². The smallest absolute Gasteiger partial charge is 0.244 e. The first-order valence-corrected chi connectivity index (χ1v) is 8.18. The van der Waals surface area contributed by atoms with Gasteiger partial charge in [-0.1, -0.05) is 37.0 Å². The molecular weight excluding hydrogens is 304 g/mol. The lowest BCUT2D eigenvalue weighted by molar-refractivity contribution is -0.128. The van der Waals surface area contributed by atoms with E-state index < -0.39 is 0 Å². The molecule has 0 bridgehead atoms. The third-order valence-corrected chi connectivity index (χ3v) is 3.17. The molecule has 2 amide bonds. The Balaban J connectivity index is 3.91. The van der Waals surface area contributed by atoms with E-state index in [1.807, 2.05) is 18.2 Å². The van der Waals surface area contributed by atoms with Crippen molar-refractivity contribution in [2.45, 2.75) is 38.6 Å². The third kappa shape index (κ3) is 12.4. The number of hydrogen-bond acceptors (Lipinski definition) is 3. The second-order valence-corrected chi connectivity index (χ2v) is 5.82. The van der Waals surface area contributed by atoms with Crippen LogP contribution in [0.15, 0.2) is 48.6 Å². The Hall–Kier alpha value is -2.14. The maximum atomic E-state index is 11.4. The van der Waals surface area contributed by atoms with Gasteiger partial charge in [0.05, 0.1) is 6.61 Å². The Bertz CT molecular complexity index is 491. The van der Waals surface area contributed by atoms with E-state index in [0.29, 0.717) is 6.42 Å². The standard InChI is InChI=1S/C19H30N2O3/c1-16(11-7-5-6-8-14-19(24)21(3)4)12-9-10-13-18(23)20-17(2)15-22/h7,9-13,17,22H,1,5-6,8,14-15H2,2-4H3,(H,20,23)/b11-7-,12-9-,13-10+. The number of allylic oxidation sites excluding steroid dienone is 6. The van der Waals surface area contributed by atoms with E-state index in [1.54, 1.807) is 38.1 Å². The molecule has 2 N–H and O–H groups in total. The SMILES string of the molecule is C=C(/C=C\C=C\C(=O)NC(C)CO)/C=C\CCCCC(=O)N(C)C. The van der Waals surface area contributed by atoms with Crippen LogP contribution in [-0.4, -0.2) is 48.6 Å². The molecule has 0 heterocycles. The number of aliphatic hydroxyl groups is 1. The average Bonchev–Trinajstić information content (AvgIpc) is 2.54. The molecule has 0 aliphatic rings. The number of carbonyl (C=O) groups is 2. The largest absolute Gasteiger partial charge is 0.394 e. The molecule has 0 aliphatic carbocycles. The van der Waals surface area contributed by atoms with Crippen LogP contribution >= 0.6 is 0 Å². The van der Waals surface area contributed by atoms with E-state index in [2.05, 4.69) is 11.9 Å². The Morgan fingerprint density at radius 3 is 2.46 bits per heavy atom. The number of nitrogens with one attached hydrogen (secondary N) is 1. The molecule has 0 aliphatic heterocycles. The van der Waals surface area contributed by atoms with Crippen LogP contribution in [0.1, 0.15) is 32.6 Å². The highest BCUT2D eigenvalue weighted by Crippen LogP contribution is 2.04. The summed E-state index contributed by atoms with van der Waals surface area (Å²) in [7, 11) is 3.54. The van der Waals surface area contributed by atoms with Gasteiger partial charge in [-0.05, 0) is 31.8 Å². The number of unbranched alkanes of at least 4 members (excludes halogenated alkanes) is 2. The zero-order valence-electron chi connectivity index (χ0n) is 15.0. The lowest BCUT2D eigenvalue weighted by Crippen LogP contribution is -2.33. The highest BCUT2D eigenvalue weighted by molar-refractivity contribution is 5.87. The Labute approximate surface area is 145 Å². The lowest BCUT2D eigenvalue weighted by atomic mass is 10.1. The molecule has 24 heavy (non-hydrogen) atoms. The molecule has 0 saturated carbocycles. The Morgan fingerprint density at radius 1 is 1.17 bits per heavy atom. The maximum absolute atomic E-state index is 11.4. The van der Waals surface area contributed by atoms with E-state index in [1.165, 1.54) is 6.08 Å². The molecule has 0 aromatic heterocycles. The van der Waals surface area contributed by atoms with Crippen molar-refractivity contribution in [1.82, 2.24) is 10.2 Å². The number of carbonyl (C=O) groups excluding carboxylic acids is 2. The van der Waals surface area contributed by atoms with E-state index in [9.17, 15) is 9.59 Å². The topological polar surface area (TPSA) is 69.6 Å². The summed E-state index contributed by atoms with van der Waals surface area (Å²) < 4.78 is 0. The zero-order chi connectivity index (χ0) is 18.4. The van der Waals surface area contributed by atoms with Crippen molar-refractivity contribution in [3.63, 3.8) is 0 Å². The van der Waals surface area contributed by atoms with Crippen molar-refractivity contribution < 1.29 is 14.7 Å². The van der Waals surface area contributed by atoms with Crippen LogP contribution in [0, 0.1) is 0 Å². The van der Waals surface area contributed by atoms with Gasteiger partial charge in [0, 0.05) is 32.6 Å². The van der Waals surface area contributed by atoms with Crippen LogP contribution in [0.5, 0.6) is 0 Å². The summed E-state index contributed by atoms with van der Waals surface area (Å²) in [6.07, 6.45) is 13.9. The van der Waals surface area contributed by atoms with Gasteiger partial charge in [0.1, 0.15) is 0 Å². The number of hydrogen-bond donors (Lipinski definition) is 2. The molecule has 1 atom stereocenters.